The molecule has 4 N–H and O–H groups in total. The lowest BCUT2D eigenvalue weighted by Crippen LogP contribution is -2.60. The highest BCUT2D eigenvalue weighted by molar-refractivity contribution is 5.98. The fraction of sp³-hybridized carbons (Fsp3) is 0.433. The average Bonchev–Trinajstić information content (AvgIpc) is 3.23. The van der Waals surface area contributed by atoms with E-state index in [1.807, 2.05) is 13.8 Å². The largest absolute Gasteiger partial charge is 0.481 e. The molecule has 0 radical (unpaired) electrons. The number of anilines is 1. The van der Waals surface area contributed by atoms with Gasteiger partial charge in [0.15, 0.2) is 0 Å². The fourth-order valence-electron chi connectivity index (χ4n) is 6.43. The minimum absolute atomic E-state index is 0.0481. The molecule has 0 aliphatic carbocycles. The van der Waals surface area contributed by atoms with Crippen LogP contribution in [0.2, 0.25) is 0 Å². The number of amides is 4. The Morgan fingerprint density at radius 2 is 1.76 bits per heavy atom. The van der Waals surface area contributed by atoms with Gasteiger partial charge in [0.2, 0.25) is 11.8 Å². The first kappa shape index (κ1) is 30.5. The molecule has 0 spiro atoms. The summed E-state index contributed by atoms with van der Waals surface area (Å²) in [5, 5.41) is 19.9. The van der Waals surface area contributed by atoms with Crippen molar-refractivity contribution < 1.29 is 38.6 Å². The third kappa shape index (κ3) is 5.93. The molecule has 4 amide bonds. The number of rotatable bonds is 7. The highest BCUT2D eigenvalue weighted by atomic mass is 19.1. The molecule has 224 valence electrons. The number of nitrogens with zero attached hydrogens (tertiary/aromatic N) is 3. The molecular formula is C30H35FN4O7. The summed E-state index contributed by atoms with van der Waals surface area (Å²) in [6, 6.07) is 5.55. The van der Waals surface area contributed by atoms with Crippen LogP contribution in [0.15, 0.2) is 48.5 Å². The Morgan fingerprint density at radius 1 is 1.07 bits per heavy atom. The number of urea groups is 1. The summed E-state index contributed by atoms with van der Waals surface area (Å²) in [4.78, 5) is 68.9. The number of carboxylic acids is 2. The molecule has 0 saturated carbocycles. The van der Waals surface area contributed by atoms with E-state index < -0.39 is 66.1 Å². The van der Waals surface area contributed by atoms with Gasteiger partial charge in [0.1, 0.15) is 17.8 Å². The lowest BCUT2D eigenvalue weighted by atomic mass is 9.83. The van der Waals surface area contributed by atoms with E-state index in [-0.39, 0.29) is 16.7 Å². The zero-order valence-electron chi connectivity index (χ0n) is 23.7. The summed E-state index contributed by atoms with van der Waals surface area (Å²) in [5.41, 5.74) is 5.83. The van der Waals surface area contributed by atoms with Crippen LogP contribution in [0.25, 0.3) is 0 Å². The highest BCUT2D eigenvalue weighted by Crippen LogP contribution is 2.46. The molecule has 2 saturated heterocycles. The number of hydrogen-bond acceptors (Lipinski definition) is 5. The van der Waals surface area contributed by atoms with Gasteiger partial charge in [-0.3, -0.25) is 24.1 Å². The van der Waals surface area contributed by atoms with Crippen molar-refractivity contribution in [3.05, 3.63) is 65.5 Å². The van der Waals surface area contributed by atoms with Crippen LogP contribution in [-0.4, -0.2) is 75.0 Å². The zero-order chi connectivity index (χ0) is 30.9. The highest BCUT2D eigenvalue weighted by Gasteiger charge is 2.61. The number of benzene rings is 2. The molecule has 4 atom stereocenters. The first-order valence-corrected chi connectivity index (χ1v) is 13.7. The van der Waals surface area contributed by atoms with Gasteiger partial charge in [-0.1, -0.05) is 44.2 Å². The molecular weight excluding hydrogens is 547 g/mol. The lowest BCUT2D eigenvalue weighted by molar-refractivity contribution is -0.147. The molecule has 2 aliphatic heterocycles. The summed E-state index contributed by atoms with van der Waals surface area (Å²) in [7, 11) is 0. The Kier molecular flexibility index (Phi) is 8.55. The Bertz CT molecular complexity index is 1410. The average molecular weight is 583 g/mol. The topological polar surface area (TPSA) is 162 Å². The SMILES string of the molecule is CC(=O)N1C(C(=O)N2CCCC(C)(C)C2)C(N(C(N)=O)c2cccc(CC(=O)O)c2)C(C(=O)O)C1c1ccccc1F. The molecule has 2 aromatic rings. The molecule has 2 aromatic carbocycles. The van der Waals surface area contributed by atoms with E-state index in [1.165, 1.54) is 42.5 Å². The van der Waals surface area contributed by atoms with Crippen LogP contribution in [0.3, 0.4) is 0 Å². The minimum Gasteiger partial charge on any atom is -0.481 e. The molecule has 4 rings (SSSR count). The maximum Gasteiger partial charge on any atom is 0.319 e. The summed E-state index contributed by atoms with van der Waals surface area (Å²) < 4.78 is 15.3. The van der Waals surface area contributed by atoms with Gasteiger partial charge in [0.25, 0.3) is 0 Å². The number of carbonyl (C=O) groups is 5. The van der Waals surface area contributed by atoms with Crippen molar-refractivity contribution in [2.75, 3.05) is 18.0 Å². The zero-order valence-corrected chi connectivity index (χ0v) is 23.7. The third-order valence-corrected chi connectivity index (χ3v) is 8.05. The van der Waals surface area contributed by atoms with Crippen molar-refractivity contribution in [2.45, 2.75) is 58.2 Å². The molecule has 12 heteroatoms. The van der Waals surface area contributed by atoms with Crippen molar-refractivity contribution in [1.82, 2.24) is 9.80 Å². The number of nitrogens with two attached hydrogens (primary N) is 1. The predicted octanol–water partition coefficient (Wildman–Crippen LogP) is 3.03. The van der Waals surface area contributed by atoms with Crippen LogP contribution in [0.5, 0.6) is 0 Å². The van der Waals surface area contributed by atoms with Crippen LogP contribution < -0.4 is 10.6 Å². The standard InChI is InChI=1S/C30H35FN4O7/c1-17(36)34-24(20-10-4-5-11-21(20)31)23(28(40)41)25(26(34)27(39)33-13-7-12-30(2,3)16-33)35(29(32)42)19-9-6-8-18(14-19)15-22(37)38/h4-6,8-11,14,23-26H,7,12-13,15-16H2,1-3H3,(H2,32,42)(H,37,38)(H,40,41). The quantitative estimate of drug-likeness (QED) is 0.452. The number of carbonyl (C=O) groups excluding carboxylic acids is 3. The minimum atomic E-state index is -1.67. The van der Waals surface area contributed by atoms with Crippen LogP contribution in [0.1, 0.15) is 50.8 Å². The van der Waals surface area contributed by atoms with E-state index in [2.05, 4.69) is 0 Å². The predicted molar refractivity (Wildman–Crippen MR) is 150 cm³/mol. The summed E-state index contributed by atoms with van der Waals surface area (Å²) >= 11 is 0. The van der Waals surface area contributed by atoms with Gasteiger partial charge in [-0.15, -0.1) is 0 Å². The Balaban J connectivity index is 1.97. The first-order chi connectivity index (χ1) is 19.7. The number of carboxylic acid groups (broad SMARTS) is 2. The number of aliphatic carboxylic acids is 2. The maximum atomic E-state index is 15.3. The normalized spacial score (nSPS) is 23.3. The second-order valence-electron chi connectivity index (χ2n) is 11.7. The molecule has 42 heavy (non-hydrogen) atoms. The van der Waals surface area contributed by atoms with Crippen molar-refractivity contribution in [1.29, 1.82) is 0 Å². The molecule has 0 aromatic heterocycles. The van der Waals surface area contributed by atoms with Crippen molar-refractivity contribution in [2.24, 2.45) is 17.1 Å². The van der Waals surface area contributed by atoms with E-state index in [0.717, 1.165) is 29.2 Å². The molecule has 0 bridgehead atoms. The van der Waals surface area contributed by atoms with Crippen LogP contribution in [0.4, 0.5) is 14.9 Å². The van der Waals surface area contributed by atoms with Gasteiger partial charge in [-0.2, -0.15) is 0 Å². The molecule has 2 heterocycles. The number of halogens is 1. The number of likely N-dealkylation sites (tertiary alicyclic amines) is 2. The first-order valence-electron chi connectivity index (χ1n) is 13.7. The van der Waals surface area contributed by atoms with Gasteiger partial charge in [0, 0.05) is 31.3 Å². The number of hydrogen-bond donors (Lipinski definition) is 3. The summed E-state index contributed by atoms with van der Waals surface area (Å²) in [5.74, 6) is -6.32. The van der Waals surface area contributed by atoms with Gasteiger partial charge < -0.3 is 25.7 Å². The monoisotopic (exact) mass is 582 g/mol. The third-order valence-electron chi connectivity index (χ3n) is 8.05. The van der Waals surface area contributed by atoms with Gasteiger partial charge in [0.05, 0.1) is 18.5 Å². The van der Waals surface area contributed by atoms with Gasteiger partial charge in [-0.05, 0) is 42.0 Å². The van der Waals surface area contributed by atoms with Crippen LogP contribution in [0, 0.1) is 17.2 Å². The number of piperidine rings is 1. The molecule has 2 fully saturated rings. The van der Waals surface area contributed by atoms with Crippen LogP contribution >= 0.6 is 0 Å². The van der Waals surface area contributed by atoms with Crippen molar-refractivity contribution in [3.63, 3.8) is 0 Å². The second-order valence-corrected chi connectivity index (χ2v) is 11.7. The lowest BCUT2D eigenvalue weighted by Gasteiger charge is -2.42. The van der Waals surface area contributed by atoms with Crippen molar-refractivity contribution in [3.8, 4) is 0 Å². The fourth-order valence-corrected chi connectivity index (χ4v) is 6.43. The van der Waals surface area contributed by atoms with E-state index in [9.17, 15) is 34.2 Å². The summed E-state index contributed by atoms with van der Waals surface area (Å²) in [6.45, 7) is 5.83. The van der Waals surface area contributed by atoms with Gasteiger partial charge >= 0.3 is 18.0 Å². The van der Waals surface area contributed by atoms with Gasteiger partial charge in [-0.25, -0.2) is 9.18 Å². The summed E-state index contributed by atoms with van der Waals surface area (Å²) in [6.07, 6.45) is 1.13. The second kappa shape index (κ2) is 11.8. The van der Waals surface area contributed by atoms with Crippen LogP contribution in [-0.2, 0) is 25.6 Å². The Morgan fingerprint density at radius 3 is 2.33 bits per heavy atom. The Hall–Kier alpha value is -4.48. The van der Waals surface area contributed by atoms with E-state index in [4.69, 9.17) is 5.73 Å². The maximum absolute atomic E-state index is 15.3. The van der Waals surface area contributed by atoms with E-state index in [1.54, 1.807) is 4.90 Å². The van der Waals surface area contributed by atoms with E-state index in [0.29, 0.717) is 25.1 Å². The Labute approximate surface area is 242 Å². The smallest absolute Gasteiger partial charge is 0.319 e. The molecule has 2 aliphatic rings. The van der Waals surface area contributed by atoms with E-state index >= 15 is 4.39 Å². The molecule has 4 unspecified atom stereocenters. The number of primary amides is 1. The van der Waals surface area contributed by atoms with Crippen molar-refractivity contribution >= 4 is 35.5 Å². The molecule has 11 nitrogen and oxygen atoms in total.